The molecule has 4 nitrogen and oxygen atoms in total. The molecular formula is C19H22N2O2. The predicted octanol–water partition coefficient (Wildman–Crippen LogP) is 2.34. The molecule has 2 N–H and O–H groups in total. The Kier molecular flexibility index (Phi) is 6.36. The van der Waals surface area contributed by atoms with Crippen LogP contribution in [0.15, 0.2) is 54.6 Å². The molecule has 120 valence electrons. The Hall–Kier alpha value is -2.62. The normalized spacial score (nSPS) is 10.1. The zero-order valence-corrected chi connectivity index (χ0v) is 13.3. The van der Waals surface area contributed by atoms with E-state index in [0.717, 1.165) is 12.8 Å². The van der Waals surface area contributed by atoms with Gasteiger partial charge in [-0.3, -0.25) is 9.59 Å². The fourth-order valence-electron chi connectivity index (χ4n) is 2.20. The van der Waals surface area contributed by atoms with Crippen molar-refractivity contribution in [1.29, 1.82) is 0 Å². The molecule has 2 aromatic rings. The third-order valence-corrected chi connectivity index (χ3v) is 3.61. The summed E-state index contributed by atoms with van der Waals surface area (Å²) in [6, 6.07) is 17.2. The molecule has 2 aromatic carbocycles. The standard InChI is InChI=1S/C19H22N2O2/c1-2-15-8-10-16(11-9-15)12-13-20-18(22)14-21-19(23)17-6-4-3-5-7-17/h3-11H,2,12-14H2,1H3,(H,20,22)(H,21,23). The fraction of sp³-hybridized carbons (Fsp3) is 0.263. The van der Waals surface area contributed by atoms with Gasteiger partial charge in [0.05, 0.1) is 6.54 Å². The molecule has 0 aliphatic carbocycles. The lowest BCUT2D eigenvalue weighted by atomic mass is 10.1. The number of hydrogen-bond acceptors (Lipinski definition) is 2. The summed E-state index contributed by atoms with van der Waals surface area (Å²) in [6.07, 6.45) is 1.81. The third kappa shape index (κ3) is 5.58. The van der Waals surface area contributed by atoms with E-state index in [1.807, 2.05) is 6.07 Å². The van der Waals surface area contributed by atoms with Gasteiger partial charge < -0.3 is 10.6 Å². The molecule has 0 spiro atoms. The lowest BCUT2D eigenvalue weighted by molar-refractivity contribution is -0.120. The van der Waals surface area contributed by atoms with Gasteiger partial charge in [-0.15, -0.1) is 0 Å². The van der Waals surface area contributed by atoms with Gasteiger partial charge in [0.25, 0.3) is 5.91 Å². The minimum Gasteiger partial charge on any atom is -0.354 e. The van der Waals surface area contributed by atoms with E-state index in [4.69, 9.17) is 0 Å². The van der Waals surface area contributed by atoms with Crippen LogP contribution in [-0.2, 0) is 17.6 Å². The first-order chi connectivity index (χ1) is 11.2. The number of amides is 2. The van der Waals surface area contributed by atoms with Crippen molar-refractivity contribution in [3.05, 3.63) is 71.3 Å². The SMILES string of the molecule is CCc1ccc(CCNC(=O)CNC(=O)c2ccccc2)cc1. The summed E-state index contributed by atoms with van der Waals surface area (Å²) < 4.78 is 0. The van der Waals surface area contributed by atoms with Gasteiger partial charge in [-0.2, -0.15) is 0 Å². The zero-order chi connectivity index (χ0) is 16.5. The summed E-state index contributed by atoms with van der Waals surface area (Å²) in [6.45, 7) is 2.67. The summed E-state index contributed by atoms with van der Waals surface area (Å²) in [4.78, 5) is 23.6. The largest absolute Gasteiger partial charge is 0.354 e. The number of nitrogens with one attached hydrogen (secondary N) is 2. The fourth-order valence-corrected chi connectivity index (χ4v) is 2.20. The number of benzene rings is 2. The van der Waals surface area contributed by atoms with Gasteiger partial charge in [-0.25, -0.2) is 0 Å². The molecule has 0 radical (unpaired) electrons. The van der Waals surface area contributed by atoms with Crippen LogP contribution in [0, 0.1) is 0 Å². The van der Waals surface area contributed by atoms with Crippen LogP contribution >= 0.6 is 0 Å². The number of rotatable bonds is 7. The first-order valence-electron chi connectivity index (χ1n) is 7.87. The molecule has 0 unspecified atom stereocenters. The Morgan fingerprint density at radius 1 is 0.870 bits per heavy atom. The van der Waals surface area contributed by atoms with E-state index in [1.54, 1.807) is 24.3 Å². The van der Waals surface area contributed by atoms with Gasteiger partial charge in [0.1, 0.15) is 0 Å². The maximum absolute atomic E-state index is 11.8. The van der Waals surface area contributed by atoms with E-state index >= 15 is 0 Å². The average Bonchev–Trinajstić information content (AvgIpc) is 2.61. The summed E-state index contributed by atoms with van der Waals surface area (Å²) in [7, 11) is 0. The zero-order valence-electron chi connectivity index (χ0n) is 13.3. The summed E-state index contributed by atoms with van der Waals surface area (Å²) in [5.41, 5.74) is 3.05. The molecule has 0 aliphatic heterocycles. The van der Waals surface area contributed by atoms with Crippen molar-refractivity contribution in [3.8, 4) is 0 Å². The van der Waals surface area contributed by atoms with E-state index in [9.17, 15) is 9.59 Å². The molecule has 2 rings (SSSR count). The highest BCUT2D eigenvalue weighted by atomic mass is 16.2. The second-order valence-electron chi connectivity index (χ2n) is 5.32. The van der Waals surface area contributed by atoms with Crippen molar-refractivity contribution < 1.29 is 9.59 Å². The highest BCUT2D eigenvalue weighted by Crippen LogP contribution is 2.05. The van der Waals surface area contributed by atoms with E-state index in [2.05, 4.69) is 41.8 Å². The lowest BCUT2D eigenvalue weighted by Gasteiger charge is -2.07. The molecule has 0 heterocycles. The number of carbonyl (C=O) groups excluding carboxylic acids is 2. The van der Waals surface area contributed by atoms with Crippen LogP contribution in [0.1, 0.15) is 28.4 Å². The van der Waals surface area contributed by atoms with Gasteiger partial charge in [0.2, 0.25) is 5.91 Å². The van der Waals surface area contributed by atoms with Crippen LogP contribution in [0.5, 0.6) is 0 Å². The maximum Gasteiger partial charge on any atom is 0.251 e. The van der Waals surface area contributed by atoms with Crippen molar-refractivity contribution in [2.75, 3.05) is 13.1 Å². The van der Waals surface area contributed by atoms with Crippen molar-refractivity contribution in [2.24, 2.45) is 0 Å². The molecule has 0 fully saturated rings. The Morgan fingerprint density at radius 3 is 2.17 bits per heavy atom. The molecule has 23 heavy (non-hydrogen) atoms. The van der Waals surface area contributed by atoms with Crippen molar-refractivity contribution in [3.63, 3.8) is 0 Å². The summed E-state index contributed by atoms with van der Waals surface area (Å²) in [5, 5.41) is 5.42. The van der Waals surface area contributed by atoms with Crippen molar-refractivity contribution in [2.45, 2.75) is 19.8 Å². The van der Waals surface area contributed by atoms with Crippen LogP contribution in [0.2, 0.25) is 0 Å². The van der Waals surface area contributed by atoms with Crippen molar-refractivity contribution in [1.82, 2.24) is 10.6 Å². The maximum atomic E-state index is 11.8. The monoisotopic (exact) mass is 310 g/mol. The smallest absolute Gasteiger partial charge is 0.251 e. The molecule has 0 atom stereocenters. The minimum absolute atomic E-state index is 0.0114. The molecule has 4 heteroatoms. The van der Waals surface area contributed by atoms with Crippen LogP contribution in [0.3, 0.4) is 0 Å². The molecule has 0 saturated carbocycles. The Labute approximate surface area is 136 Å². The number of carbonyl (C=O) groups is 2. The molecule has 0 aliphatic rings. The van der Waals surface area contributed by atoms with Crippen LogP contribution < -0.4 is 10.6 Å². The molecule has 0 aromatic heterocycles. The van der Waals surface area contributed by atoms with Crippen molar-refractivity contribution >= 4 is 11.8 Å². The molecule has 0 saturated heterocycles. The second-order valence-corrected chi connectivity index (χ2v) is 5.32. The first kappa shape index (κ1) is 16.7. The third-order valence-electron chi connectivity index (χ3n) is 3.61. The first-order valence-corrected chi connectivity index (χ1v) is 7.87. The van der Waals surface area contributed by atoms with Crippen LogP contribution in [0.25, 0.3) is 0 Å². The highest BCUT2D eigenvalue weighted by molar-refractivity contribution is 5.96. The van der Waals surface area contributed by atoms with Gasteiger partial charge in [-0.05, 0) is 36.1 Å². The number of hydrogen-bond donors (Lipinski definition) is 2. The Morgan fingerprint density at radius 2 is 1.52 bits per heavy atom. The van der Waals surface area contributed by atoms with Gasteiger partial charge in [0.15, 0.2) is 0 Å². The van der Waals surface area contributed by atoms with E-state index in [0.29, 0.717) is 12.1 Å². The summed E-state index contributed by atoms with van der Waals surface area (Å²) >= 11 is 0. The highest BCUT2D eigenvalue weighted by Gasteiger charge is 2.06. The summed E-state index contributed by atoms with van der Waals surface area (Å²) in [5.74, 6) is -0.421. The van der Waals surface area contributed by atoms with Crippen LogP contribution in [-0.4, -0.2) is 24.9 Å². The van der Waals surface area contributed by atoms with E-state index in [1.165, 1.54) is 11.1 Å². The quantitative estimate of drug-likeness (QED) is 0.824. The molecule has 0 bridgehead atoms. The van der Waals surface area contributed by atoms with Crippen LogP contribution in [0.4, 0.5) is 0 Å². The average molecular weight is 310 g/mol. The second kappa shape index (κ2) is 8.73. The van der Waals surface area contributed by atoms with E-state index in [-0.39, 0.29) is 18.4 Å². The van der Waals surface area contributed by atoms with E-state index < -0.39 is 0 Å². The topological polar surface area (TPSA) is 58.2 Å². The van der Waals surface area contributed by atoms with Gasteiger partial charge >= 0.3 is 0 Å². The van der Waals surface area contributed by atoms with Gasteiger partial charge in [0, 0.05) is 12.1 Å². The predicted molar refractivity (Wildman–Crippen MR) is 91.3 cm³/mol. The lowest BCUT2D eigenvalue weighted by Crippen LogP contribution is -2.37. The molecular weight excluding hydrogens is 288 g/mol. The minimum atomic E-state index is -0.240. The molecule has 2 amide bonds. The Balaban J connectivity index is 1.67. The van der Waals surface area contributed by atoms with Gasteiger partial charge in [-0.1, -0.05) is 49.4 Å². The Bertz CT molecular complexity index is 636. The number of aryl methyl sites for hydroxylation is 1.